The fourth-order valence-corrected chi connectivity index (χ4v) is 5.44. The van der Waals surface area contributed by atoms with E-state index in [1.54, 1.807) is 13.8 Å². The molecule has 2 aromatic carbocycles. The lowest BCUT2D eigenvalue weighted by atomic mass is 9.86. The molecule has 1 fully saturated rings. The van der Waals surface area contributed by atoms with Gasteiger partial charge in [0, 0.05) is 25.0 Å². The van der Waals surface area contributed by atoms with Crippen LogP contribution in [-0.4, -0.2) is 51.8 Å². The largest absolute Gasteiger partial charge is 0.214 e. The molecule has 0 bridgehead atoms. The molecular formula is C21H28N2O4S2. The lowest BCUT2D eigenvalue weighted by molar-refractivity contribution is 0.274. The summed E-state index contributed by atoms with van der Waals surface area (Å²) in [4.78, 5) is 0. The highest BCUT2D eigenvalue weighted by Gasteiger charge is 2.36. The van der Waals surface area contributed by atoms with Crippen LogP contribution in [0.25, 0.3) is 11.1 Å². The Hall–Kier alpha value is -1.74. The monoisotopic (exact) mass is 436 g/mol. The maximum absolute atomic E-state index is 12.5. The Morgan fingerprint density at radius 3 is 2.07 bits per heavy atom. The molecule has 0 aromatic heterocycles. The van der Waals surface area contributed by atoms with Crippen LogP contribution in [-0.2, 0) is 20.0 Å². The molecule has 0 radical (unpaired) electrons. The second-order valence-electron chi connectivity index (χ2n) is 7.82. The maximum atomic E-state index is 12.5. The summed E-state index contributed by atoms with van der Waals surface area (Å²) in [6.45, 7) is 3.74. The van der Waals surface area contributed by atoms with Gasteiger partial charge in [-0.15, -0.1) is 0 Å². The van der Waals surface area contributed by atoms with Gasteiger partial charge in [-0.05, 0) is 37.0 Å². The van der Waals surface area contributed by atoms with Gasteiger partial charge in [0.15, 0.2) is 0 Å². The molecule has 0 spiro atoms. The van der Waals surface area contributed by atoms with E-state index in [0.717, 1.165) is 22.9 Å². The highest BCUT2D eigenvalue weighted by molar-refractivity contribution is 7.90. The predicted octanol–water partition coefficient (Wildman–Crippen LogP) is 2.80. The van der Waals surface area contributed by atoms with Gasteiger partial charge in [-0.3, -0.25) is 0 Å². The molecule has 0 unspecified atom stereocenters. The maximum Gasteiger partial charge on any atom is 0.214 e. The van der Waals surface area contributed by atoms with E-state index in [9.17, 15) is 16.8 Å². The van der Waals surface area contributed by atoms with Crippen LogP contribution in [0.3, 0.4) is 0 Å². The summed E-state index contributed by atoms with van der Waals surface area (Å²) >= 11 is 0. The summed E-state index contributed by atoms with van der Waals surface area (Å²) in [5.41, 5.74) is 3.21. The third kappa shape index (κ3) is 5.25. The zero-order valence-corrected chi connectivity index (χ0v) is 18.6. The molecule has 0 amide bonds. The molecule has 0 saturated carbocycles. The van der Waals surface area contributed by atoms with Crippen molar-refractivity contribution < 1.29 is 16.8 Å². The molecular weight excluding hydrogens is 408 g/mol. The molecule has 29 heavy (non-hydrogen) atoms. The molecule has 158 valence electrons. The number of piperidine rings is 1. The summed E-state index contributed by atoms with van der Waals surface area (Å²) in [7, 11) is -6.91. The van der Waals surface area contributed by atoms with Crippen molar-refractivity contribution in [1.29, 1.82) is 0 Å². The topological polar surface area (TPSA) is 83.6 Å². The predicted molar refractivity (Wildman–Crippen MR) is 117 cm³/mol. The molecule has 1 N–H and O–H groups in total. The standard InChI is InChI=1S/C21H28N2O4S2/c1-16(2)29(26,27)22-21-15-23(28(3,24)25)14-13-20(21)19-11-9-18(10-12-19)17-7-5-4-6-8-17/h4-12,16,20-22H,13-15H2,1-3H3/t20-,21+/m0/s1. The van der Waals surface area contributed by atoms with Gasteiger partial charge in [-0.1, -0.05) is 54.6 Å². The van der Waals surface area contributed by atoms with Crippen molar-refractivity contribution in [2.24, 2.45) is 0 Å². The molecule has 8 heteroatoms. The Labute approximate surface area is 174 Å². The van der Waals surface area contributed by atoms with Crippen LogP contribution in [0.15, 0.2) is 54.6 Å². The Kier molecular flexibility index (Phi) is 6.48. The second kappa shape index (κ2) is 8.55. The minimum Gasteiger partial charge on any atom is -0.213 e. The highest BCUT2D eigenvalue weighted by atomic mass is 32.2. The molecule has 6 nitrogen and oxygen atoms in total. The van der Waals surface area contributed by atoms with Crippen molar-refractivity contribution in [3.63, 3.8) is 0 Å². The van der Waals surface area contributed by atoms with Gasteiger partial charge in [-0.25, -0.2) is 25.9 Å². The number of nitrogens with zero attached hydrogens (tertiary/aromatic N) is 1. The van der Waals surface area contributed by atoms with E-state index in [1.807, 2.05) is 54.6 Å². The number of hydrogen-bond acceptors (Lipinski definition) is 4. The van der Waals surface area contributed by atoms with Gasteiger partial charge in [0.05, 0.1) is 11.5 Å². The molecule has 0 aliphatic carbocycles. The Morgan fingerprint density at radius 1 is 0.931 bits per heavy atom. The van der Waals surface area contributed by atoms with Gasteiger partial charge in [-0.2, -0.15) is 0 Å². The van der Waals surface area contributed by atoms with E-state index < -0.39 is 31.3 Å². The van der Waals surface area contributed by atoms with E-state index >= 15 is 0 Å². The van der Waals surface area contributed by atoms with E-state index in [-0.39, 0.29) is 12.5 Å². The van der Waals surface area contributed by atoms with Crippen molar-refractivity contribution in [3.05, 3.63) is 60.2 Å². The third-order valence-corrected chi connectivity index (χ3v) is 8.57. The number of sulfonamides is 2. The minimum absolute atomic E-state index is 0.0913. The highest BCUT2D eigenvalue weighted by Crippen LogP contribution is 2.31. The van der Waals surface area contributed by atoms with Crippen LogP contribution in [0.2, 0.25) is 0 Å². The van der Waals surface area contributed by atoms with E-state index in [2.05, 4.69) is 4.72 Å². The minimum atomic E-state index is -3.53. The molecule has 1 aliphatic heterocycles. The van der Waals surface area contributed by atoms with Crippen LogP contribution in [0.1, 0.15) is 31.7 Å². The fourth-order valence-electron chi connectivity index (χ4n) is 3.64. The Morgan fingerprint density at radius 2 is 1.52 bits per heavy atom. The summed E-state index contributed by atoms with van der Waals surface area (Å²) in [6, 6.07) is 17.6. The van der Waals surface area contributed by atoms with E-state index in [4.69, 9.17) is 0 Å². The SMILES string of the molecule is CC(C)S(=O)(=O)N[C@@H]1CN(S(C)(=O)=O)CC[C@H]1c1ccc(-c2ccccc2)cc1. The van der Waals surface area contributed by atoms with Crippen molar-refractivity contribution in [3.8, 4) is 11.1 Å². The van der Waals surface area contributed by atoms with Crippen molar-refractivity contribution in [1.82, 2.24) is 9.03 Å². The molecule has 2 aromatic rings. The zero-order valence-electron chi connectivity index (χ0n) is 16.9. The summed E-state index contributed by atoms with van der Waals surface area (Å²) in [5.74, 6) is -0.0913. The first-order valence-corrected chi connectivity index (χ1v) is 13.1. The van der Waals surface area contributed by atoms with Crippen LogP contribution >= 0.6 is 0 Å². The average Bonchev–Trinajstić information content (AvgIpc) is 2.68. The lowest BCUT2D eigenvalue weighted by Gasteiger charge is -2.38. The smallest absolute Gasteiger partial charge is 0.213 e. The first kappa shape index (κ1) is 22.0. The van der Waals surface area contributed by atoms with Gasteiger partial charge >= 0.3 is 0 Å². The van der Waals surface area contributed by atoms with E-state index in [0.29, 0.717) is 13.0 Å². The fraction of sp³-hybridized carbons (Fsp3) is 0.429. The Balaban J connectivity index is 1.89. The van der Waals surface area contributed by atoms with Crippen molar-refractivity contribution in [2.75, 3.05) is 19.3 Å². The lowest BCUT2D eigenvalue weighted by Crippen LogP contribution is -2.53. The van der Waals surface area contributed by atoms with Crippen molar-refractivity contribution in [2.45, 2.75) is 37.5 Å². The van der Waals surface area contributed by atoms with Gasteiger partial charge in [0.25, 0.3) is 0 Å². The van der Waals surface area contributed by atoms with Gasteiger partial charge in [0.2, 0.25) is 20.0 Å². The zero-order chi connectivity index (χ0) is 21.2. The molecule has 1 aliphatic rings. The molecule has 2 atom stereocenters. The van der Waals surface area contributed by atoms with Crippen LogP contribution < -0.4 is 4.72 Å². The number of benzene rings is 2. The average molecular weight is 437 g/mol. The second-order valence-corrected chi connectivity index (χ2v) is 12.1. The van der Waals surface area contributed by atoms with Gasteiger partial charge in [0.1, 0.15) is 0 Å². The van der Waals surface area contributed by atoms with E-state index in [1.165, 1.54) is 4.31 Å². The quantitative estimate of drug-likeness (QED) is 0.755. The number of nitrogens with one attached hydrogen (secondary N) is 1. The van der Waals surface area contributed by atoms with Crippen LogP contribution in [0, 0.1) is 0 Å². The van der Waals surface area contributed by atoms with Crippen molar-refractivity contribution >= 4 is 20.0 Å². The Bertz CT molecular complexity index is 1030. The summed E-state index contributed by atoms with van der Waals surface area (Å²) < 4.78 is 53.1. The summed E-state index contributed by atoms with van der Waals surface area (Å²) in [6.07, 6.45) is 1.72. The first-order valence-electron chi connectivity index (χ1n) is 9.69. The molecule has 1 saturated heterocycles. The third-order valence-electron chi connectivity index (χ3n) is 5.43. The number of hydrogen-bond donors (Lipinski definition) is 1. The van der Waals surface area contributed by atoms with Crippen LogP contribution in [0.4, 0.5) is 0 Å². The van der Waals surface area contributed by atoms with Crippen LogP contribution in [0.5, 0.6) is 0 Å². The number of rotatable bonds is 6. The first-order chi connectivity index (χ1) is 13.6. The normalized spacial score (nSPS) is 21.4. The molecule has 1 heterocycles. The van der Waals surface area contributed by atoms with Gasteiger partial charge < -0.3 is 0 Å². The summed E-state index contributed by atoms with van der Waals surface area (Å²) in [5, 5.41) is -0.586. The molecule has 3 rings (SSSR count).